The minimum atomic E-state index is -0.504. The molecule has 4 aromatic rings. The Morgan fingerprint density at radius 3 is 2.52 bits per heavy atom. The SMILES string of the molecule is NC(=O)c1ccc(NC(=O)CSc2nc(-c3cccs3)nc3ccccc23)cc1. The standard InChI is InChI=1S/C21H16N4O2S2/c22-19(27)13-7-9-14(10-8-13)23-18(26)12-29-21-15-4-1-2-5-16(15)24-20(25-21)17-6-3-11-28-17/h1-11H,12H2,(H2,22,27)(H,23,26). The quantitative estimate of drug-likeness (QED) is 0.360. The summed E-state index contributed by atoms with van der Waals surface area (Å²) in [5.74, 6) is 0.184. The van der Waals surface area contributed by atoms with Crippen LogP contribution in [0.4, 0.5) is 5.69 Å². The summed E-state index contributed by atoms with van der Waals surface area (Å²) in [5.41, 5.74) is 7.07. The van der Waals surface area contributed by atoms with Gasteiger partial charge in [-0.2, -0.15) is 0 Å². The molecule has 2 aromatic carbocycles. The number of hydrogen-bond donors (Lipinski definition) is 2. The van der Waals surface area contributed by atoms with Gasteiger partial charge in [0.25, 0.3) is 0 Å². The number of thioether (sulfide) groups is 1. The number of aromatic nitrogens is 2. The number of hydrogen-bond acceptors (Lipinski definition) is 6. The van der Waals surface area contributed by atoms with Crippen LogP contribution in [-0.2, 0) is 4.79 Å². The van der Waals surface area contributed by atoms with Crippen molar-refractivity contribution in [2.24, 2.45) is 5.73 Å². The van der Waals surface area contributed by atoms with Crippen LogP contribution in [-0.4, -0.2) is 27.5 Å². The summed E-state index contributed by atoms with van der Waals surface area (Å²) < 4.78 is 0. The average Bonchev–Trinajstić information content (AvgIpc) is 3.27. The van der Waals surface area contributed by atoms with Crippen LogP contribution in [0.15, 0.2) is 71.1 Å². The first-order valence-corrected chi connectivity index (χ1v) is 10.6. The van der Waals surface area contributed by atoms with E-state index < -0.39 is 5.91 Å². The summed E-state index contributed by atoms with van der Waals surface area (Å²) in [4.78, 5) is 33.8. The lowest BCUT2D eigenvalue weighted by molar-refractivity contribution is -0.113. The molecule has 6 nitrogen and oxygen atoms in total. The van der Waals surface area contributed by atoms with E-state index in [1.165, 1.54) is 11.8 Å². The monoisotopic (exact) mass is 420 g/mol. The number of fused-ring (bicyclic) bond motifs is 1. The minimum Gasteiger partial charge on any atom is -0.366 e. The first-order valence-electron chi connectivity index (χ1n) is 8.73. The molecule has 0 aliphatic carbocycles. The zero-order valence-corrected chi connectivity index (χ0v) is 16.8. The summed E-state index contributed by atoms with van der Waals surface area (Å²) in [6.45, 7) is 0. The van der Waals surface area contributed by atoms with Crippen molar-refractivity contribution in [1.82, 2.24) is 9.97 Å². The molecule has 0 atom stereocenters. The fourth-order valence-electron chi connectivity index (χ4n) is 2.72. The van der Waals surface area contributed by atoms with Gasteiger partial charge in [0.1, 0.15) is 5.03 Å². The molecule has 29 heavy (non-hydrogen) atoms. The molecule has 8 heteroatoms. The van der Waals surface area contributed by atoms with E-state index in [-0.39, 0.29) is 11.7 Å². The highest BCUT2D eigenvalue weighted by molar-refractivity contribution is 8.00. The maximum atomic E-state index is 12.4. The lowest BCUT2D eigenvalue weighted by atomic mass is 10.2. The van der Waals surface area contributed by atoms with E-state index in [1.807, 2.05) is 41.8 Å². The average molecular weight is 421 g/mol. The van der Waals surface area contributed by atoms with Crippen LogP contribution in [0.25, 0.3) is 21.6 Å². The van der Waals surface area contributed by atoms with Crippen molar-refractivity contribution in [1.29, 1.82) is 0 Å². The number of carbonyl (C=O) groups is 2. The molecule has 144 valence electrons. The third-order valence-corrected chi connectivity index (χ3v) is 5.96. The molecule has 0 radical (unpaired) electrons. The van der Waals surface area contributed by atoms with Gasteiger partial charge in [0, 0.05) is 16.6 Å². The first kappa shape index (κ1) is 19.1. The summed E-state index contributed by atoms with van der Waals surface area (Å²) in [6.07, 6.45) is 0. The van der Waals surface area contributed by atoms with E-state index >= 15 is 0 Å². The van der Waals surface area contributed by atoms with Crippen molar-refractivity contribution in [3.05, 3.63) is 71.6 Å². The molecule has 2 amide bonds. The number of benzene rings is 2. The molecule has 0 saturated carbocycles. The molecule has 3 N–H and O–H groups in total. The van der Waals surface area contributed by atoms with Gasteiger partial charge in [0.15, 0.2) is 5.82 Å². The second kappa shape index (κ2) is 8.42. The van der Waals surface area contributed by atoms with Crippen molar-refractivity contribution in [2.75, 3.05) is 11.1 Å². The van der Waals surface area contributed by atoms with Crippen molar-refractivity contribution < 1.29 is 9.59 Å². The third-order valence-electron chi connectivity index (χ3n) is 4.10. The van der Waals surface area contributed by atoms with Gasteiger partial charge in [0.05, 0.1) is 16.1 Å². The highest BCUT2D eigenvalue weighted by Crippen LogP contribution is 2.30. The van der Waals surface area contributed by atoms with E-state index in [4.69, 9.17) is 5.73 Å². The maximum absolute atomic E-state index is 12.4. The van der Waals surface area contributed by atoms with Gasteiger partial charge in [-0.1, -0.05) is 36.0 Å². The molecule has 2 heterocycles. The molecular formula is C21H16N4O2S2. The van der Waals surface area contributed by atoms with Gasteiger partial charge in [-0.15, -0.1) is 11.3 Å². The predicted molar refractivity (Wildman–Crippen MR) is 117 cm³/mol. The predicted octanol–water partition coefficient (Wildman–Crippen LogP) is 4.19. The van der Waals surface area contributed by atoms with Gasteiger partial charge >= 0.3 is 0 Å². The number of nitrogens with one attached hydrogen (secondary N) is 1. The highest BCUT2D eigenvalue weighted by Gasteiger charge is 2.12. The number of primary amides is 1. The summed E-state index contributed by atoms with van der Waals surface area (Å²) in [5, 5.41) is 6.47. The van der Waals surface area contributed by atoms with Gasteiger partial charge in [-0.25, -0.2) is 9.97 Å². The molecule has 4 rings (SSSR count). The lowest BCUT2D eigenvalue weighted by Gasteiger charge is -2.08. The van der Waals surface area contributed by atoms with Crippen LogP contribution in [0.2, 0.25) is 0 Å². The summed E-state index contributed by atoms with van der Waals surface area (Å²) in [6, 6.07) is 18.2. The summed E-state index contributed by atoms with van der Waals surface area (Å²) >= 11 is 2.94. The van der Waals surface area contributed by atoms with Crippen LogP contribution in [0.3, 0.4) is 0 Å². The number of anilines is 1. The number of nitrogens with zero attached hydrogens (tertiary/aromatic N) is 2. The maximum Gasteiger partial charge on any atom is 0.248 e. The second-order valence-corrected chi connectivity index (χ2v) is 8.04. The Balaban J connectivity index is 1.51. The van der Waals surface area contributed by atoms with Crippen LogP contribution < -0.4 is 11.1 Å². The third kappa shape index (κ3) is 4.44. The van der Waals surface area contributed by atoms with E-state index in [9.17, 15) is 9.59 Å². The van der Waals surface area contributed by atoms with Crippen LogP contribution in [0.5, 0.6) is 0 Å². The molecule has 0 saturated heterocycles. The van der Waals surface area contributed by atoms with E-state index in [1.54, 1.807) is 35.6 Å². The van der Waals surface area contributed by atoms with E-state index in [0.717, 1.165) is 20.8 Å². The Labute approximate surface area is 175 Å². The molecular weight excluding hydrogens is 404 g/mol. The Morgan fingerprint density at radius 2 is 1.79 bits per heavy atom. The molecule has 0 fully saturated rings. The smallest absolute Gasteiger partial charge is 0.248 e. The summed E-state index contributed by atoms with van der Waals surface area (Å²) in [7, 11) is 0. The number of nitrogens with two attached hydrogens (primary N) is 1. The Kier molecular flexibility index (Phi) is 5.55. The lowest BCUT2D eigenvalue weighted by Crippen LogP contribution is -2.15. The number of rotatable bonds is 6. The number of amides is 2. The molecule has 0 bridgehead atoms. The topological polar surface area (TPSA) is 98.0 Å². The number of carbonyl (C=O) groups excluding carboxylic acids is 2. The Bertz CT molecular complexity index is 1180. The first-order chi connectivity index (χ1) is 14.1. The molecule has 0 unspecified atom stereocenters. The minimum absolute atomic E-state index is 0.165. The largest absolute Gasteiger partial charge is 0.366 e. The fraction of sp³-hybridized carbons (Fsp3) is 0.0476. The Morgan fingerprint density at radius 1 is 1.00 bits per heavy atom. The molecule has 2 aromatic heterocycles. The normalized spacial score (nSPS) is 10.8. The van der Waals surface area contributed by atoms with Crippen LogP contribution in [0.1, 0.15) is 10.4 Å². The second-order valence-electron chi connectivity index (χ2n) is 6.13. The molecule has 0 aliphatic rings. The van der Waals surface area contributed by atoms with Gasteiger partial charge in [0.2, 0.25) is 11.8 Å². The molecule has 0 spiro atoms. The van der Waals surface area contributed by atoms with Crippen LogP contribution in [0, 0.1) is 0 Å². The van der Waals surface area contributed by atoms with Gasteiger partial charge in [-0.3, -0.25) is 9.59 Å². The van der Waals surface area contributed by atoms with E-state index in [2.05, 4.69) is 15.3 Å². The van der Waals surface area contributed by atoms with Crippen molar-refractivity contribution in [3.8, 4) is 10.7 Å². The zero-order valence-electron chi connectivity index (χ0n) is 15.2. The van der Waals surface area contributed by atoms with Crippen molar-refractivity contribution in [3.63, 3.8) is 0 Å². The zero-order chi connectivity index (χ0) is 20.2. The van der Waals surface area contributed by atoms with Crippen molar-refractivity contribution >= 4 is 51.5 Å². The number of para-hydroxylation sites is 1. The van der Waals surface area contributed by atoms with Crippen molar-refractivity contribution in [2.45, 2.75) is 5.03 Å². The molecule has 0 aliphatic heterocycles. The van der Waals surface area contributed by atoms with E-state index in [0.29, 0.717) is 17.1 Å². The van der Waals surface area contributed by atoms with Gasteiger partial charge in [-0.05, 0) is 41.8 Å². The fourth-order valence-corrected chi connectivity index (χ4v) is 4.20. The van der Waals surface area contributed by atoms with Gasteiger partial charge < -0.3 is 11.1 Å². The highest BCUT2D eigenvalue weighted by atomic mass is 32.2. The Hall–Kier alpha value is -3.23. The van der Waals surface area contributed by atoms with Crippen LogP contribution >= 0.6 is 23.1 Å². The number of thiophene rings is 1.